The third-order valence-corrected chi connectivity index (χ3v) is 7.37. The molecule has 0 radical (unpaired) electrons. The largest absolute Gasteiger partial charge is 0.457 e. The third kappa shape index (κ3) is 11.0. The molecule has 0 saturated carbocycles. The first-order chi connectivity index (χ1) is 20.7. The lowest BCUT2D eigenvalue weighted by Crippen LogP contribution is -1.99. The second-order valence-electron chi connectivity index (χ2n) is 10.8. The van der Waals surface area contributed by atoms with E-state index in [1.54, 1.807) is 0 Å². The van der Waals surface area contributed by atoms with E-state index in [1.165, 1.54) is 38.5 Å². The fourth-order valence-corrected chi connectivity index (χ4v) is 4.94. The van der Waals surface area contributed by atoms with Crippen LogP contribution in [0.1, 0.15) is 97.8 Å². The second-order valence-corrected chi connectivity index (χ2v) is 10.8. The van der Waals surface area contributed by atoms with Crippen LogP contribution in [0.5, 0.6) is 23.0 Å². The van der Waals surface area contributed by atoms with Gasteiger partial charge in [-0.25, -0.2) is 0 Å². The number of carbonyl (C=O) groups excluding carboxylic acids is 2. The number of benzene rings is 4. The molecular formula is C38H42O4. The van der Waals surface area contributed by atoms with Crippen molar-refractivity contribution in [2.75, 3.05) is 0 Å². The van der Waals surface area contributed by atoms with Gasteiger partial charge in [0.25, 0.3) is 0 Å². The average Bonchev–Trinajstić information content (AvgIpc) is 3.03. The molecule has 0 aliphatic carbocycles. The number of unbranched alkanes of at least 4 members (excludes halogenated alkanes) is 9. The maximum absolute atomic E-state index is 12.5. The van der Waals surface area contributed by atoms with Gasteiger partial charge in [-0.1, -0.05) is 87.8 Å². The summed E-state index contributed by atoms with van der Waals surface area (Å²) in [5.41, 5.74) is 1.51. The molecule has 4 heteroatoms. The summed E-state index contributed by atoms with van der Waals surface area (Å²) >= 11 is 0. The lowest BCUT2D eigenvalue weighted by Gasteiger charge is -2.07. The number of ether oxygens (including phenoxy) is 2. The molecule has 0 aromatic heterocycles. The third-order valence-electron chi connectivity index (χ3n) is 7.37. The van der Waals surface area contributed by atoms with Crippen LogP contribution in [0, 0.1) is 0 Å². The van der Waals surface area contributed by atoms with Crippen LogP contribution < -0.4 is 9.47 Å². The zero-order valence-electron chi connectivity index (χ0n) is 24.5. The maximum atomic E-state index is 12.5. The topological polar surface area (TPSA) is 52.6 Å². The van der Waals surface area contributed by atoms with Gasteiger partial charge >= 0.3 is 0 Å². The van der Waals surface area contributed by atoms with Gasteiger partial charge in [0.05, 0.1) is 0 Å². The summed E-state index contributed by atoms with van der Waals surface area (Å²) < 4.78 is 11.6. The van der Waals surface area contributed by atoms with Crippen molar-refractivity contribution in [1.82, 2.24) is 0 Å². The number of para-hydroxylation sites is 2. The van der Waals surface area contributed by atoms with Crippen molar-refractivity contribution in [3.63, 3.8) is 0 Å². The van der Waals surface area contributed by atoms with Crippen LogP contribution in [0.3, 0.4) is 0 Å². The molecular weight excluding hydrogens is 520 g/mol. The molecule has 0 saturated heterocycles. The van der Waals surface area contributed by atoms with Gasteiger partial charge in [0.2, 0.25) is 0 Å². The number of hydrogen-bond donors (Lipinski definition) is 0. The average molecular weight is 563 g/mol. The van der Waals surface area contributed by atoms with Crippen molar-refractivity contribution in [1.29, 1.82) is 0 Å². The first-order valence-corrected chi connectivity index (χ1v) is 15.4. The van der Waals surface area contributed by atoms with E-state index in [4.69, 9.17) is 9.47 Å². The van der Waals surface area contributed by atoms with Gasteiger partial charge in [-0.2, -0.15) is 0 Å². The van der Waals surface area contributed by atoms with Gasteiger partial charge in [0, 0.05) is 24.0 Å². The highest BCUT2D eigenvalue weighted by atomic mass is 16.5. The Morgan fingerprint density at radius 1 is 0.357 bits per heavy atom. The summed E-state index contributed by atoms with van der Waals surface area (Å²) in [5.74, 6) is 3.46. The van der Waals surface area contributed by atoms with Crippen LogP contribution in [0.15, 0.2) is 109 Å². The van der Waals surface area contributed by atoms with Crippen LogP contribution >= 0.6 is 0 Å². The van der Waals surface area contributed by atoms with E-state index in [-0.39, 0.29) is 11.6 Å². The molecule has 4 nitrogen and oxygen atoms in total. The Bertz CT molecular complexity index is 1220. The van der Waals surface area contributed by atoms with Crippen LogP contribution in [-0.4, -0.2) is 11.6 Å². The highest BCUT2D eigenvalue weighted by molar-refractivity contribution is 5.96. The highest BCUT2D eigenvalue weighted by Crippen LogP contribution is 2.23. The maximum Gasteiger partial charge on any atom is 0.162 e. The molecule has 0 atom stereocenters. The fraction of sp³-hybridized carbons (Fsp3) is 0.316. The first-order valence-electron chi connectivity index (χ1n) is 15.4. The zero-order valence-corrected chi connectivity index (χ0v) is 24.5. The summed E-state index contributed by atoms with van der Waals surface area (Å²) in [6.07, 6.45) is 12.6. The van der Waals surface area contributed by atoms with E-state index < -0.39 is 0 Å². The minimum absolute atomic E-state index is 0.203. The van der Waals surface area contributed by atoms with Gasteiger partial charge in [-0.05, 0) is 85.6 Å². The molecule has 0 unspecified atom stereocenters. The molecule has 4 aromatic rings. The van der Waals surface area contributed by atoms with Crippen molar-refractivity contribution in [2.24, 2.45) is 0 Å². The van der Waals surface area contributed by atoms with E-state index >= 15 is 0 Å². The van der Waals surface area contributed by atoms with Gasteiger partial charge < -0.3 is 9.47 Å². The van der Waals surface area contributed by atoms with Gasteiger partial charge in [-0.3, -0.25) is 9.59 Å². The van der Waals surface area contributed by atoms with Gasteiger partial charge in [0.1, 0.15) is 23.0 Å². The molecule has 4 rings (SSSR count). The Balaban J connectivity index is 0.968. The molecule has 0 bridgehead atoms. The van der Waals surface area contributed by atoms with Gasteiger partial charge in [0.15, 0.2) is 11.6 Å². The molecule has 0 N–H and O–H groups in total. The van der Waals surface area contributed by atoms with Crippen molar-refractivity contribution in [2.45, 2.75) is 77.0 Å². The smallest absolute Gasteiger partial charge is 0.162 e. The lowest BCUT2D eigenvalue weighted by molar-refractivity contribution is 0.0971. The Morgan fingerprint density at radius 3 is 0.976 bits per heavy atom. The summed E-state index contributed by atoms with van der Waals surface area (Å²) in [6.45, 7) is 0. The van der Waals surface area contributed by atoms with Crippen molar-refractivity contribution in [3.05, 3.63) is 120 Å². The normalized spacial score (nSPS) is 10.8. The molecule has 0 heterocycles. The Morgan fingerprint density at radius 2 is 0.643 bits per heavy atom. The Kier molecular flexibility index (Phi) is 12.9. The quantitative estimate of drug-likeness (QED) is 0.0842. The highest BCUT2D eigenvalue weighted by Gasteiger charge is 2.08. The van der Waals surface area contributed by atoms with E-state index in [0.717, 1.165) is 59.8 Å². The molecule has 0 amide bonds. The van der Waals surface area contributed by atoms with E-state index in [2.05, 4.69) is 0 Å². The minimum Gasteiger partial charge on any atom is -0.457 e. The van der Waals surface area contributed by atoms with Crippen LogP contribution in [0.2, 0.25) is 0 Å². The second kappa shape index (κ2) is 17.6. The molecule has 218 valence electrons. The summed E-state index contributed by atoms with van der Waals surface area (Å²) in [5, 5.41) is 0. The van der Waals surface area contributed by atoms with Crippen LogP contribution in [0.4, 0.5) is 0 Å². The van der Waals surface area contributed by atoms with Crippen molar-refractivity contribution >= 4 is 11.6 Å². The molecule has 0 fully saturated rings. The first kappa shape index (κ1) is 30.8. The zero-order chi connectivity index (χ0) is 29.2. The predicted molar refractivity (Wildman–Crippen MR) is 170 cm³/mol. The molecule has 42 heavy (non-hydrogen) atoms. The Hall–Kier alpha value is -4.18. The van der Waals surface area contributed by atoms with Crippen molar-refractivity contribution in [3.8, 4) is 23.0 Å². The minimum atomic E-state index is 0.203. The van der Waals surface area contributed by atoms with E-state index in [9.17, 15) is 9.59 Å². The number of ketones is 2. The fourth-order valence-electron chi connectivity index (χ4n) is 4.94. The lowest BCUT2D eigenvalue weighted by atomic mass is 10.0. The number of Topliss-reactive ketones (excluding diaryl/α,β-unsaturated/α-hetero) is 2. The standard InChI is InChI=1S/C38H42O4/c39-37(31-23-27-35(28-24-31)41-33-17-11-9-12-18-33)21-15-7-5-3-1-2-4-6-8-16-22-38(40)32-25-29-36(30-26-32)42-34-19-13-10-14-20-34/h9-14,17-20,23-30H,1-8,15-16,21-22H2. The molecule has 0 spiro atoms. The van der Waals surface area contributed by atoms with E-state index in [1.807, 2.05) is 109 Å². The van der Waals surface area contributed by atoms with Crippen LogP contribution in [0.25, 0.3) is 0 Å². The molecule has 0 aliphatic heterocycles. The monoisotopic (exact) mass is 562 g/mol. The molecule has 4 aromatic carbocycles. The number of carbonyl (C=O) groups is 2. The van der Waals surface area contributed by atoms with Crippen LogP contribution in [-0.2, 0) is 0 Å². The van der Waals surface area contributed by atoms with Crippen molar-refractivity contribution < 1.29 is 19.1 Å². The number of hydrogen-bond acceptors (Lipinski definition) is 4. The summed E-state index contributed by atoms with van der Waals surface area (Å²) in [7, 11) is 0. The Labute approximate surface area is 250 Å². The van der Waals surface area contributed by atoms with Gasteiger partial charge in [-0.15, -0.1) is 0 Å². The van der Waals surface area contributed by atoms with E-state index in [0.29, 0.717) is 12.8 Å². The SMILES string of the molecule is O=C(CCCCCCCCCCCCC(=O)c1ccc(Oc2ccccc2)cc1)c1ccc(Oc2ccccc2)cc1. The number of rotatable bonds is 19. The summed E-state index contributed by atoms with van der Waals surface area (Å²) in [4.78, 5) is 25.0. The molecule has 0 aliphatic rings. The predicted octanol–water partition coefficient (Wildman–Crippen LogP) is 11.0. The summed E-state index contributed by atoms with van der Waals surface area (Å²) in [6, 6.07) is 34.2.